The number of amides is 1. The molecule has 0 saturated heterocycles. The number of aliphatic imine (C=N–C) groups is 2. The number of rotatable bonds is 0. The van der Waals surface area contributed by atoms with E-state index in [0.717, 1.165) is 30.8 Å². The van der Waals surface area contributed by atoms with E-state index in [9.17, 15) is 4.79 Å². The Morgan fingerprint density at radius 2 is 1.97 bits per heavy atom. The minimum atomic E-state index is -0.0940. The average molecular weight is 470 g/mol. The first-order valence-corrected chi connectivity index (χ1v) is 11.4. The molecule has 8 heteroatoms. The highest BCUT2D eigenvalue weighted by molar-refractivity contribution is 6.32. The van der Waals surface area contributed by atoms with E-state index >= 15 is 0 Å². The van der Waals surface area contributed by atoms with E-state index in [0.29, 0.717) is 42.0 Å². The van der Waals surface area contributed by atoms with Gasteiger partial charge in [0, 0.05) is 30.9 Å². The summed E-state index contributed by atoms with van der Waals surface area (Å²) in [5.74, 6) is 0.956. The van der Waals surface area contributed by atoms with Gasteiger partial charge in [-0.1, -0.05) is 31.5 Å². The predicted octanol–water partition coefficient (Wildman–Crippen LogP) is 4.48. The van der Waals surface area contributed by atoms with Crippen LogP contribution in [0.25, 0.3) is 0 Å². The van der Waals surface area contributed by atoms with Gasteiger partial charge in [0.15, 0.2) is 0 Å². The molecule has 0 unspecified atom stereocenters. The van der Waals surface area contributed by atoms with Crippen molar-refractivity contribution in [2.45, 2.75) is 26.8 Å². The molecule has 3 aliphatic rings. The maximum atomic E-state index is 12.6. The maximum absolute atomic E-state index is 12.6. The minimum Gasteiger partial charge on any atom is -0.492 e. The second kappa shape index (κ2) is 11.3. The smallest absolute Gasteiger partial charge is 0.251 e. The first-order valence-electron chi connectivity index (χ1n) is 11.0. The molecule has 7 nitrogen and oxygen atoms in total. The molecule has 4 bridgehead atoms. The van der Waals surface area contributed by atoms with Gasteiger partial charge in [-0.2, -0.15) is 0 Å². The van der Waals surface area contributed by atoms with E-state index in [2.05, 4.69) is 53.1 Å². The third kappa shape index (κ3) is 7.58. The van der Waals surface area contributed by atoms with Gasteiger partial charge in [-0.05, 0) is 67.6 Å². The number of nitrogens with zero attached hydrogens (tertiary/aromatic N) is 3. The van der Waals surface area contributed by atoms with Gasteiger partial charge >= 0.3 is 0 Å². The van der Waals surface area contributed by atoms with E-state index in [1.165, 1.54) is 0 Å². The van der Waals surface area contributed by atoms with E-state index < -0.39 is 0 Å². The van der Waals surface area contributed by atoms with E-state index in [1.807, 2.05) is 30.3 Å². The molecule has 2 N–H and O–H groups in total. The molecule has 5 rings (SSSR count). The molecule has 0 aromatic heterocycles. The van der Waals surface area contributed by atoms with Gasteiger partial charge in [0.1, 0.15) is 5.75 Å². The van der Waals surface area contributed by atoms with Crippen LogP contribution < -0.4 is 15.4 Å². The minimum absolute atomic E-state index is 0.0795. The van der Waals surface area contributed by atoms with Gasteiger partial charge in [-0.25, -0.2) is 9.98 Å². The van der Waals surface area contributed by atoms with E-state index in [1.54, 1.807) is 12.1 Å². The summed E-state index contributed by atoms with van der Waals surface area (Å²) >= 11 is 6.42. The maximum Gasteiger partial charge on any atom is 0.251 e. The molecular weight excluding hydrogens is 438 g/mol. The summed E-state index contributed by atoms with van der Waals surface area (Å²) in [6.07, 6.45) is 0.869. The van der Waals surface area contributed by atoms with Crippen molar-refractivity contribution in [2.24, 2.45) is 15.4 Å². The van der Waals surface area contributed by atoms with Crippen LogP contribution in [-0.2, 0) is 6.54 Å². The van der Waals surface area contributed by atoms with Crippen molar-refractivity contribution in [1.82, 2.24) is 10.2 Å². The van der Waals surface area contributed by atoms with Gasteiger partial charge in [0.05, 0.1) is 18.2 Å². The molecule has 1 amide bonds. The van der Waals surface area contributed by atoms with Crippen LogP contribution in [0.15, 0.2) is 52.4 Å². The van der Waals surface area contributed by atoms with Crippen LogP contribution in [0.2, 0.25) is 5.02 Å². The molecular formula is C25H32ClN5O2. The highest BCUT2D eigenvalue weighted by atomic mass is 35.5. The number of halogens is 1. The number of nitrogens with one attached hydrogen (secondary N) is 2. The summed E-state index contributed by atoms with van der Waals surface area (Å²) < 4.78 is 5.88. The zero-order valence-electron chi connectivity index (χ0n) is 19.5. The molecule has 33 heavy (non-hydrogen) atoms. The number of hydrogen-bond acceptors (Lipinski definition) is 6. The SMILES string of the molecule is C=NC1=NCc2ccc(c(Cl)c2)OCCCN(C)CC(C)(C)CNC(=O)c2ccc(cc2)N1. The molecule has 0 spiro atoms. The first-order chi connectivity index (χ1) is 15.8. The zero-order valence-corrected chi connectivity index (χ0v) is 20.3. The fourth-order valence-electron chi connectivity index (χ4n) is 3.69. The topological polar surface area (TPSA) is 78.3 Å². The number of carbonyl (C=O) groups is 1. The Hall–Kier alpha value is -2.90. The Balaban J connectivity index is 1.81. The molecule has 0 fully saturated rings. The van der Waals surface area contributed by atoms with E-state index in [4.69, 9.17) is 16.3 Å². The molecule has 3 heterocycles. The van der Waals surface area contributed by atoms with Crippen molar-refractivity contribution >= 4 is 35.9 Å². The van der Waals surface area contributed by atoms with Crippen LogP contribution in [0, 0.1) is 5.41 Å². The van der Waals surface area contributed by atoms with Crippen LogP contribution in [0.4, 0.5) is 5.69 Å². The second-order valence-electron chi connectivity index (χ2n) is 9.05. The number of fused-ring (bicyclic) bond motifs is 2. The van der Waals surface area contributed by atoms with Crippen LogP contribution in [0.5, 0.6) is 5.75 Å². The average Bonchev–Trinajstić information content (AvgIpc) is 2.78. The molecule has 2 aromatic rings. The largest absolute Gasteiger partial charge is 0.492 e. The second-order valence-corrected chi connectivity index (χ2v) is 9.46. The summed E-state index contributed by atoms with van der Waals surface area (Å²) in [5, 5.41) is 6.74. The summed E-state index contributed by atoms with van der Waals surface area (Å²) in [4.78, 5) is 23.3. The Morgan fingerprint density at radius 3 is 2.67 bits per heavy atom. The summed E-state index contributed by atoms with van der Waals surface area (Å²) in [6, 6.07) is 12.9. The number of carbonyl (C=O) groups excluding carboxylic acids is 1. The highest BCUT2D eigenvalue weighted by Crippen LogP contribution is 2.26. The fourth-order valence-corrected chi connectivity index (χ4v) is 3.95. The van der Waals surface area contributed by atoms with Crippen molar-refractivity contribution in [3.05, 3.63) is 58.6 Å². The summed E-state index contributed by atoms with van der Waals surface area (Å²) in [6.45, 7) is 11.2. The predicted molar refractivity (Wildman–Crippen MR) is 136 cm³/mol. The Bertz CT molecular complexity index is 1000. The number of benzene rings is 2. The van der Waals surface area contributed by atoms with Crippen molar-refractivity contribution in [2.75, 3.05) is 38.6 Å². The van der Waals surface area contributed by atoms with Crippen molar-refractivity contribution in [3.8, 4) is 5.75 Å². The number of guanidine groups is 1. The van der Waals surface area contributed by atoms with Crippen LogP contribution >= 0.6 is 11.6 Å². The first kappa shape index (κ1) is 24.7. The standard InChI is InChI=1S/C25H32ClN5O2/c1-25(2)16-29-23(32)19-7-9-20(10-8-19)30-24(27-3)28-15-18-6-11-22(21(26)14-18)33-13-5-12-31(4)17-25/h6-11,14H,3,5,12-13,15-17H2,1-2,4H3,(H,28,30)(H,29,32). The van der Waals surface area contributed by atoms with E-state index in [-0.39, 0.29) is 11.3 Å². The number of anilines is 1. The monoisotopic (exact) mass is 469 g/mol. The Kier molecular flexibility index (Phi) is 8.47. The third-order valence-corrected chi connectivity index (χ3v) is 5.62. The van der Waals surface area contributed by atoms with Gasteiger partial charge in [-0.15, -0.1) is 0 Å². The Labute approximate surface area is 200 Å². The van der Waals surface area contributed by atoms with Crippen LogP contribution in [0.3, 0.4) is 0 Å². The summed E-state index contributed by atoms with van der Waals surface area (Å²) in [7, 11) is 2.09. The lowest BCUT2D eigenvalue weighted by Gasteiger charge is -2.30. The van der Waals surface area contributed by atoms with Gasteiger partial charge < -0.3 is 20.3 Å². The molecule has 2 aromatic carbocycles. The Morgan fingerprint density at radius 1 is 1.21 bits per heavy atom. The van der Waals surface area contributed by atoms with Gasteiger partial charge in [0.25, 0.3) is 5.91 Å². The molecule has 0 aliphatic carbocycles. The zero-order chi connectivity index (χ0) is 23.8. The van der Waals surface area contributed by atoms with Gasteiger partial charge in [0.2, 0.25) is 5.96 Å². The van der Waals surface area contributed by atoms with Crippen molar-refractivity contribution < 1.29 is 9.53 Å². The van der Waals surface area contributed by atoms with Crippen LogP contribution in [-0.4, -0.2) is 56.8 Å². The normalized spacial score (nSPS) is 18.2. The molecule has 176 valence electrons. The van der Waals surface area contributed by atoms with Crippen molar-refractivity contribution in [3.63, 3.8) is 0 Å². The van der Waals surface area contributed by atoms with Gasteiger partial charge in [-0.3, -0.25) is 4.79 Å². The lowest BCUT2D eigenvalue weighted by molar-refractivity contribution is 0.0925. The lowest BCUT2D eigenvalue weighted by Crippen LogP contribution is -2.41. The molecule has 0 saturated carbocycles. The molecule has 3 aliphatic heterocycles. The molecule has 0 radical (unpaired) electrons. The molecule has 0 atom stereocenters. The van der Waals surface area contributed by atoms with Crippen molar-refractivity contribution in [1.29, 1.82) is 0 Å². The lowest BCUT2D eigenvalue weighted by atomic mass is 9.92. The highest BCUT2D eigenvalue weighted by Gasteiger charge is 2.21. The number of hydrogen-bond donors (Lipinski definition) is 2. The quantitative estimate of drug-likeness (QED) is 0.557. The van der Waals surface area contributed by atoms with Crippen LogP contribution in [0.1, 0.15) is 36.2 Å². The summed E-state index contributed by atoms with van der Waals surface area (Å²) in [5.41, 5.74) is 2.22. The number of ether oxygens (including phenoxy) is 1. The third-order valence-electron chi connectivity index (χ3n) is 5.33. The fraction of sp³-hybridized carbons (Fsp3) is 0.400.